The van der Waals surface area contributed by atoms with Crippen molar-refractivity contribution in [3.63, 3.8) is 0 Å². The number of methoxy groups -OCH3 is 1. The standard InChI is InChI=1S/C15H24N2O3/c1-9(2)17-15(18)11(4)20-13-7-6-12(10(3)16)8-14(13)19-5/h6-11H,16H2,1-5H3,(H,17,18)/t10-,11?/m1/s1. The van der Waals surface area contributed by atoms with Gasteiger partial charge in [-0.25, -0.2) is 0 Å². The molecular weight excluding hydrogens is 256 g/mol. The summed E-state index contributed by atoms with van der Waals surface area (Å²) < 4.78 is 10.9. The Bertz CT molecular complexity index is 458. The van der Waals surface area contributed by atoms with E-state index in [4.69, 9.17) is 15.2 Å². The Hall–Kier alpha value is -1.75. The van der Waals surface area contributed by atoms with E-state index in [-0.39, 0.29) is 18.0 Å². The summed E-state index contributed by atoms with van der Waals surface area (Å²) in [6.07, 6.45) is -0.590. The van der Waals surface area contributed by atoms with Crippen molar-refractivity contribution < 1.29 is 14.3 Å². The second-order valence-electron chi connectivity index (χ2n) is 5.12. The highest BCUT2D eigenvalue weighted by molar-refractivity contribution is 5.81. The summed E-state index contributed by atoms with van der Waals surface area (Å²) in [6.45, 7) is 7.41. The molecule has 0 aliphatic carbocycles. The molecule has 0 saturated carbocycles. The van der Waals surface area contributed by atoms with Crippen LogP contribution in [0.3, 0.4) is 0 Å². The van der Waals surface area contributed by atoms with Crippen molar-refractivity contribution in [2.45, 2.75) is 45.9 Å². The van der Waals surface area contributed by atoms with Gasteiger partial charge in [-0.2, -0.15) is 0 Å². The molecule has 0 saturated heterocycles. The summed E-state index contributed by atoms with van der Waals surface area (Å²) in [7, 11) is 1.56. The first kappa shape index (κ1) is 16.3. The van der Waals surface area contributed by atoms with Crippen molar-refractivity contribution in [1.29, 1.82) is 0 Å². The van der Waals surface area contributed by atoms with Gasteiger partial charge in [-0.15, -0.1) is 0 Å². The first-order valence-corrected chi connectivity index (χ1v) is 6.75. The highest BCUT2D eigenvalue weighted by Gasteiger charge is 2.18. The van der Waals surface area contributed by atoms with E-state index in [1.54, 1.807) is 20.1 Å². The van der Waals surface area contributed by atoms with E-state index < -0.39 is 6.10 Å². The smallest absolute Gasteiger partial charge is 0.260 e. The highest BCUT2D eigenvalue weighted by atomic mass is 16.5. The van der Waals surface area contributed by atoms with Crippen LogP contribution in [0.1, 0.15) is 39.3 Å². The Morgan fingerprint density at radius 1 is 1.20 bits per heavy atom. The van der Waals surface area contributed by atoms with Crippen LogP contribution in [-0.4, -0.2) is 25.2 Å². The molecule has 5 heteroatoms. The third-order valence-corrected chi connectivity index (χ3v) is 2.82. The zero-order valence-corrected chi connectivity index (χ0v) is 12.8. The van der Waals surface area contributed by atoms with Crippen LogP contribution in [0.2, 0.25) is 0 Å². The van der Waals surface area contributed by atoms with Gasteiger partial charge in [0, 0.05) is 12.1 Å². The van der Waals surface area contributed by atoms with Crippen molar-refractivity contribution in [1.82, 2.24) is 5.32 Å². The Kier molecular flexibility index (Phi) is 5.82. The fraction of sp³-hybridized carbons (Fsp3) is 0.533. The van der Waals surface area contributed by atoms with E-state index in [0.717, 1.165) is 5.56 Å². The van der Waals surface area contributed by atoms with Crippen LogP contribution in [0.5, 0.6) is 11.5 Å². The van der Waals surface area contributed by atoms with Crippen LogP contribution < -0.4 is 20.5 Å². The number of rotatable bonds is 6. The number of carbonyl (C=O) groups excluding carboxylic acids is 1. The Labute approximate surface area is 120 Å². The molecule has 1 aromatic carbocycles. The summed E-state index contributed by atoms with van der Waals surface area (Å²) in [5.74, 6) is 0.950. The molecule has 0 spiro atoms. The molecule has 112 valence electrons. The van der Waals surface area contributed by atoms with E-state index in [1.807, 2.05) is 32.9 Å². The molecule has 0 fully saturated rings. The van der Waals surface area contributed by atoms with Gasteiger partial charge in [0.05, 0.1) is 7.11 Å². The molecule has 0 heterocycles. The van der Waals surface area contributed by atoms with Crippen molar-refractivity contribution in [3.8, 4) is 11.5 Å². The average molecular weight is 280 g/mol. The zero-order chi connectivity index (χ0) is 15.3. The Morgan fingerprint density at radius 2 is 1.85 bits per heavy atom. The number of hydrogen-bond donors (Lipinski definition) is 2. The maximum Gasteiger partial charge on any atom is 0.260 e. The van der Waals surface area contributed by atoms with Crippen LogP contribution in [-0.2, 0) is 4.79 Å². The molecule has 1 aromatic rings. The van der Waals surface area contributed by atoms with E-state index in [2.05, 4.69) is 5.32 Å². The molecule has 0 bridgehead atoms. The molecule has 0 aliphatic rings. The fourth-order valence-corrected chi connectivity index (χ4v) is 1.71. The zero-order valence-electron chi connectivity index (χ0n) is 12.8. The minimum atomic E-state index is -0.590. The van der Waals surface area contributed by atoms with Gasteiger partial charge < -0.3 is 20.5 Å². The lowest BCUT2D eigenvalue weighted by atomic mass is 10.1. The number of nitrogens with two attached hydrogens (primary N) is 1. The maximum absolute atomic E-state index is 11.8. The highest BCUT2D eigenvalue weighted by Crippen LogP contribution is 2.30. The monoisotopic (exact) mass is 280 g/mol. The number of hydrogen-bond acceptors (Lipinski definition) is 4. The van der Waals surface area contributed by atoms with Crippen molar-refractivity contribution >= 4 is 5.91 Å². The Balaban J connectivity index is 2.84. The van der Waals surface area contributed by atoms with Gasteiger partial charge in [0.1, 0.15) is 0 Å². The minimum Gasteiger partial charge on any atom is -0.493 e. The van der Waals surface area contributed by atoms with Gasteiger partial charge in [0.25, 0.3) is 5.91 Å². The first-order valence-electron chi connectivity index (χ1n) is 6.75. The van der Waals surface area contributed by atoms with Crippen molar-refractivity contribution in [2.24, 2.45) is 5.73 Å². The minimum absolute atomic E-state index is 0.0795. The third-order valence-electron chi connectivity index (χ3n) is 2.82. The molecule has 5 nitrogen and oxygen atoms in total. The number of ether oxygens (including phenoxy) is 2. The number of amides is 1. The van der Waals surface area contributed by atoms with E-state index in [0.29, 0.717) is 11.5 Å². The molecule has 2 atom stereocenters. The van der Waals surface area contributed by atoms with Gasteiger partial charge in [0.15, 0.2) is 17.6 Å². The first-order chi connectivity index (χ1) is 9.35. The largest absolute Gasteiger partial charge is 0.493 e. The maximum atomic E-state index is 11.8. The Morgan fingerprint density at radius 3 is 2.35 bits per heavy atom. The summed E-state index contributed by atoms with van der Waals surface area (Å²) in [5.41, 5.74) is 6.78. The van der Waals surface area contributed by atoms with Crippen LogP contribution in [0, 0.1) is 0 Å². The third kappa shape index (κ3) is 4.42. The summed E-state index contributed by atoms with van der Waals surface area (Å²) >= 11 is 0. The van der Waals surface area contributed by atoms with Gasteiger partial charge in [0.2, 0.25) is 0 Å². The van der Waals surface area contributed by atoms with Crippen molar-refractivity contribution in [2.75, 3.05) is 7.11 Å². The SMILES string of the molecule is COc1cc([C@@H](C)N)ccc1OC(C)C(=O)NC(C)C. The lowest BCUT2D eigenvalue weighted by molar-refractivity contribution is -0.127. The van der Waals surface area contributed by atoms with Crippen LogP contribution in [0.25, 0.3) is 0 Å². The lowest BCUT2D eigenvalue weighted by Gasteiger charge is -2.19. The molecule has 0 aliphatic heterocycles. The molecule has 1 rings (SSSR count). The average Bonchev–Trinajstić information content (AvgIpc) is 2.37. The summed E-state index contributed by atoms with van der Waals surface area (Å²) in [5, 5.41) is 2.81. The fourth-order valence-electron chi connectivity index (χ4n) is 1.71. The van der Waals surface area contributed by atoms with Crippen LogP contribution in [0.15, 0.2) is 18.2 Å². The quantitative estimate of drug-likeness (QED) is 0.836. The van der Waals surface area contributed by atoms with Gasteiger partial charge in [-0.05, 0) is 45.4 Å². The summed E-state index contributed by atoms with van der Waals surface area (Å²) in [4.78, 5) is 11.8. The molecule has 3 N–H and O–H groups in total. The van der Waals surface area contributed by atoms with Gasteiger partial charge in [-0.3, -0.25) is 4.79 Å². The molecule has 0 aromatic heterocycles. The predicted molar refractivity (Wildman–Crippen MR) is 79.0 cm³/mol. The topological polar surface area (TPSA) is 73.6 Å². The van der Waals surface area contributed by atoms with E-state index in [1.165, 1.54) is 0 Å². The predicted octanol–water partition coefficient (Wildman–Crippen LogP) is 2.01. The summed E-state index contributed by atoms with van der Waals surface area (Å²) in [6, 6.07) is 5.47. The van der Waals surface area contributed by atoms with E-state index in [9.17, 15) is 4.79 Å². The molecule has 1 amide bonds. The van der Waals surface area contributed by atoms with Crippen molar-refractivity contribution in [3.05, 3.63) is 23.8 Å². The molecule has 1 unspecified atom stereocenters. The van der Waals surface area contributed by atoms with Gasteiger partial charge >= 0.3 is 0 Å². The van der Waals surface area contributed by atoms with Gasteiger partial charge in [-0.1, -0.05) is 6.07 Å². The number of benzene rings is 1. The molecule has 20 heavy (non-hydrogen) atoms. The second-order valence-corrected chi connectivity index (χ2v) is 5.12. The normalized spacial score (nSPS) is 13.8. The molecule has 0 radical (unpaired) electrons. The lowest BCUT2D eigenvalue weighted by Crippen LogP contribution is -2.40. The second kappa shape index (κ2) is 7.14. The van der Waals surface area contributed by atoms with E-state index >= 15 is 0 Å². The van der Waals surface area contributed by atoms with Crippen LogP contribution >= 0.6 is 0 Å². The molecular formula is C15H24N2O3. The van der Waals surface area contributed by atoms with Crippen LogP contribution in [0.4, 0.5) is 0 Å². The number of nitrogens with one attached hydrogen (secondary N) is 1. The number of carbonyl (C=O) groups is 1.